The Morgan fingerprint density at radius 2 is 1.56 bits per heavy atom. The predicted molar refractivity (Wildman–Crippen MR) is 114 cm³/mol. The Kier molecular flexibility index (Phi) is 7.43. The van der Waals surface area contributed by atoms with Crippen molar-refractivity contribution in [2.24, 2.45) is 0 Å². The molecule has 1 aliphatic heterocycles. The molecule has 2 amide bonds. The maximum absolute atomic E-state index is 13.2. The van der Waals surface area contributed by atoms with Gasteiger partial charge in [0.15, 0.2) is 0 Å². The fourth-order valence-electron chi connectivity index (χ4n) is 3.89. The van der Waals surface area contributed by atoms with Gasteiger partial charge in [-0.05, 0) is 43.0 Å². The van der Waals surface area contributed by atoms with Gasteiger partial charge in [-0.3, -0.25) is 9.59 Å². The highest BCUT2D eigenvalue weighted by Gasteiger charge is 2.43. The van der Waals surface area contributed by atoms with Crippen molar-refractivity contribution >= 4 is 11.8 Å². The second-order valence-electron chi connectivity index (χ2n) is 8.05. The third kappa shape index (κ3) is 6.02. The van der Waals surface area contributed by atoms with Gasteiger partial charge >= 0.3 is 12.1 Å². The summed E-state index contributed by atoms with van der Waals surface area (Å²) >= 11 is 0. The summed E-state index contributed by atoms with van der Waals surface area (Å²) < 4.78 is 43.5. The van der Waals surface area contributed by atoms with Crippen LogP contribution >= 0.6 is 0 Å². The molecular weight excluding hydrogens is 421 g/mol. The molecular formula is C24H27F3N2O3. The zero-order chi connectivity index (χ0) is 23.3. The summed E-state index contributed by atoms with van der Waals surface area (Å²) in [6.45, 7) is 2.30. The maximum atomic E-state index is 13.2. The zero-order valence-electron chi connectivity index (χ0n) is 18.2. The molecule has 0 N–H and O–H groups in total. The van der Waals surface area contributed by atoms with Crippen LogP contribution in [0.25, 0.3) is 0 Å². The molecule has 0 spiro atoms. The molecule has 1 fully saturated rings. The number of ether oxygens (including phenoxy) is 1. The number of nitrogens with zero attached hydrogens (tertiary/aromatic N) is 2. The summed E-state index contributed by atoms with van der Waals surface area (Å²) in [7, 11) is 1.57. The van der Waals surface area contributed by atoms with Gasteiger partial charge in [0.05, 0.1) is 13.5 Å². The zero-order valence-corrected chi connectivity index (χ0v) is 18.2. The predicted octanol–water partition coefficient (Wildman–Crippen LogP) is 4.13. The lowest BCUT2D eigenvalue weighted by atomic mass is 10.00. The molecule has 0 unspecified atom stereocenters. The van der Waals surface area contributed by atoms with Gasteiger partial charge in [0.25, 0.3) is 0 Å². The smallest absolute Gasteiger partial charge is 0.471 e. The van der Waals surface area contributed by atoms with Crippen molar-refractivity contribution < 1.29 is 27.5 Å². The van der Waals surface area contributed by atoms with Crippen molar-refractivity contribution in [3.63, 3.8) is 0 Å². The summed E-state index contributed by atoms with van der Waals surface area (Å²) in [5.41, 5.74) is 2.88. The van der Waals surface area contributed by atoms with Crippen molar-refractivity contribution in [3.8, 4) is 5.75 Å². The van der Waals surface area contributed by atoms with Crippen molar-refractivity contribution in [2.75, 3.05) is 20.2 Å². The van der Waals surface area contributed by atoms with E-state index in [0.717, 1.165) is 21.6 Å². The molecule has 0 radical (unpaired) electrons. The van der Waals surface area contributed by atoms with E-state index in [4.69, 9.17) is 4.74 Å². The highest BCUT2D eigenvalue weighted by atomic mass is 19.4. The molecule has 0 atom stereocenters. The van der Waals surface area contributed by atoms with Crippen molar-refractivity contribution in [2.45, 2.75) is 44.9 Å². The van der Waals surface area contributed by atoms with Gasteiger partial charge in [0.1, 0.15) is 5.75 Å². The van der Waals surface area contributed by atoms with E-state index in [2.05, 4.69) is 0 Å². The molecule has 3 rings (SSSR count). The van der Waals surface area contributed by atoms with Crippen molar-refractivity contribution in [1.29, 1.82) is 0 Å². The number of likely N-dealkylation sites (tertiary alicyclic amines) is 1. The van der Waals surface area contributed by atoms with E-state index in [-0.39, 0.29) is 31.5 Å². The Balaban J connectivity index is 1.73. The average molecular weight is 448 g/mol. The summed E-state index contributed by atoms with van der Waals surface area (Å²) in [6, 6.07) is 14.8. The van der Waals surface area contributed by atoms with Gasteiger partial charge in [-0.2, -0.15) is 13.2 Å². The van der Waals surface area contributed by atoms with Crippen LogP contribution in [0.1, 0.15) is 29.5 Å². The number of carbonyl (C=O) groups excluding carboxylic acids is 2. The number of alkyl halides is 3. The van der Waals surface area contributed by atoms with E-state index in [1.165, 1.54) is 0 Å². The van der Waals surface area contributed by atoms with Gasteiger partial charge in [0, 0.05) is 25.7 Å². The van der Waals surface area contributed by atoms with E-state index in [1.807, 2.05) is 43.3 Å². The lowest BCUT2D eigenvalue weighted by Crippen LogP contribution is -2.51. The molecule has 0 aliphatic carbocycles. The minimum absolute atomic E-state index is 0.0246. The van der Waals surface area contributed by atoms with Gasteiger partial charge in [0.2, 0.25) is 5.91 Å². The molecule has 5 nitrogen and oxygen atoms in total. The van der Waals surface area contributed by atoms with Crippen LogP contribution in [-0.2, 0) is 22.6 Å². The molecule has 1 aliphatic rings. The van der Waals surface area contributed by atoms with E-state index in [0.29, 0.717) is 25.1 Å². The number of halogens is 3. The number of carbonyl (C=O) groups is 2. The first-order valence-electron chi connectivity index (χ1n) is 10.5. The molecule has 172 valence electrons. The number of benzene rings is 2. The average Bonchev–Trinajstić information content (AvgIpc) is 2.78. The Morgan fingerprint density at radius 1 is 1.00 bits per heavy atom. The van der Waals surface area contributed by atoms with Crippen LogP contribution in [0.5, 0.6) is 5.75 Å². The molecule has 1 saturated heterocycles. The molecule has 0 aromatic heterocycles. The van der Waals surface area contributed by atoms with E-state index in [9.17, 15) is 22.8 Å². The largest absolute Gasteiger partial charge is 0.497 e. The van der Waals surface area contributed by atoms with Gasteiger partial charge in [-0.15, -0.1) is 0 Å². The number of rotatable bonds is 6. The third-order valence-corrected chi connectivity index (χ3v) is 5.74. The highest BCUT2D eigenvalue weighted by molar-refractivity contribution is 5.82. The monoisotopic (exact) mass is 448 g/mol. The van der Waals surface area contributed by atoms with Crippen LogP contribution in [0, 0.1) is 6.92 Å². The molecule has 0 bridgehead atoms. The fraction of sp³-hybridized carbons (Fsp3) is 0.417. The highest BCUT2D eigenvalue weighted by Crippen LogP contribution is 2.25. The van der Waals surface area contributed by atoms with E-state index >= 15 is 0 Å². The first-order valence-corrected chi connectivity index (χ1v) is 10.5. The maximum Gasteiger partial charge on any atom is 0.471 e. The SMILES string of the molecule is COc1ccc(CC(=O)N(Cc2ccc(C)cc2)C2CCN(C(=O)C(F)(F)F)CC2)cc1. The lowest BCUT2D eigenvalue weighted by molar-refractivity contribution is -0.187. The van der Waals surface area contributed by atoms with Crippen molar-refractivity contribution in [1.82, 2.24) is 9.80 Å². The van der Waals surface area contributed by atoms with Crippen LogP contribution < -0.4 is 4.74 Å². The van der Waals surface area contributed by atoms with E-state index < -0.39 is 12.1 Å². The number of piperidine rings is 1. The first kappa shape index (κ1) is 23.6. The fourth-order valence-corrected chi connectivity index (χ4v) is 3.89. The summed E-state index contributed by atoms with van der Waals surface area (Å²) in [4.78, 5) is 27.4. The molecule has 2 aromatic rings. The van der Waals surface area contributed by atoms with Crippen molar-refractivity contribution in [3.05, 3.63) is 65.2 Å². The Labute approximate surface area is 185 Å². The number of aryl methyl sites for hydroxylation is 1. The van der Waals surface area contributed by atoms with Crippen LogP contribution in [-0.4, -0.2) is 54.0 Å². The summed E-state index contributed by atoms with van der Waals surface area (Å²) in [5.74, 6) is -1.22. The minimum atomic E-state index is -4.88. The van der Waals surface area contributed by atoms with Crippen LogP contribution in [0.15, 0.2) is 48.5 Å². The second kappa shape index (κ2) is 10.1. The second-order valence-corrected chi connectivity index (χ2v) is 8.05. The Morgan fingerprint density at radius 3 is 2.09 bits per heavy atom. The molecule has 32 heavy (non-hydrogen) atoms. The molecule has 2 aromatic carbocycles. The van der Waals surface area contributed by atoms with Gasteiger partial charge in [-0.25, -0.2) is 0 Å². The Bertz CT molecular complexity index is 919. The normalized spacial score (nSPS) is 14.8. The van der Waals surface area contributed by atoms with Gasteiger partial charge < -0.3 is 14.5 Å². The molecule has 1 heterocycles. The number of hydrogen-bond donors (Lipinski definition) is 0. The quantitative estimate of drug-likeness (QED) is 0.668. The van der Waals surface area contributed by atoms with Crippen LogP contribution in [0.2, 0.25) is 0 Å². The van der Waals surface area contributed by atoms with E-state index in [1.54, 1.807) is 24.1 Å². The molecule has 0 saturated carbocycles. The Hall–Kier alpha value is -3.03. The molecule has 8 heteroatoms. The standard InChI is InChI=1S/C24H27F3N2O3/c1-17-3-5-19(6-4-17)16-29(22(30)15-18-7-9-21(32-2)10-8-18)20-11-13-28(14-12-20)23(31)24(25,26)27/h3-10,20H,11-16H2,1-2H3. The number of amides is 2. The summed E-state index contributed by atoms with van der Waals surface area (Å²) in [5, 5.41) is 0. The third-order valence-electron chi connectivity index (χ3n) is 5.74. The number of methoxy groups -OCH3 is 1. The van der Waals surface area contributed by atoms with Crippen LogP contribution in [0.3, 0.4) is 0 Å². The number of hydrogen-bond acceptors (Lipinski definition) is 3. The summed E-state index contributed by atoms with van der Waals surface area (Å²) in [6.07, 6.45) is -4.08. The topological polar surface area (TPSA) is 49.9 Å². The lowest BCUT2D eigenvalue weighted by Gasteiger charge is -2.39. The minimum Gasteiger partial charge on any atom is -0.497 e. The van der Waals surface area contributed by atoms with Gasteiger partial charge in [-0.1, -0.05) is 42.0 Å². The van der Waals surface area contributed by atoms with Crippen LogP contribution in [0.4, 0.5) is 13.2 Å². The first-order chi connectivity index (χ1) is 15.2.